The van der Waals surface area contributed by atoms with Crippen LogP contribution in [0.25, 0.3) is 0 Å². The largest absolute Gasteiger partial charge is 0.481 e. The second-order valence-corrected chi connectivity index (χ2v) is 10.7. The van der Waals surface area contributed by atoms with E-state index in [4.69, 9.17) is 14.9 Å². The number of halogens is 1. The monoisotopic (exact) mass is 530 g/mol. The molecule has 0 fully saturated rings. The van der Waals surface area contributed by atoms with Gasteiger partial charge in [0.25, 0.3) is 0 Å². The molecule has 2 aromatic heterocycles. The lowest BCUT2D eigenvalue weighted by Gasteiger charge is -2.14. The van der Waals surface area contributed by atoms with Gasteiger partial charge in [0.15, 0.2) is 0 Å². The van der Waals surface area contributed by atoms with Crippen molar-refractivity contribution in [1.82, 2.24) is 14.8 Å². The molecule has 4 rings (SSSR count). The summed E-state index contributed by atoms with van der Waals surface area (Å²) in [6.07, 6.45) is 0.0790. The Hall–Kier alpha value is -4.20. The van der Waals surface area contributed by atoms with Crippen molar-refractivity contribution < 1.29 is 19.0 Å². The summed E-state index contributed by atoms with van der Waals surface area (Å²) in [6.45, 7) is 9.80. The number of aromatic nitrogens is 3. The number of ether oxygens (including phenoxy) is 1. The molecule has 8 heteroatoms. The van der Waals surface area contributed by atoms with Crippen molar-refractivity contribution in [2.75, 3.05) is 5.32 Å². The molecule has 0 aliphatic rings. The molecule has 0 aliphatic carbocycles. The predicted molar refractivity (Wildman–Crippen MR) is 149 cm³/mol. The first kappa shape index (κ1) is 27.8. The van der Waals surface area contributed by atoms with Crippen LogP contribution in [0.5, 0.6) is 5.88 Å². The van der Waals surface area contributed by atoms with E-state index in [0.717, 1.165) is 28.2 Å². The Bertz CT molecular complexity index is 1420. The third kappa shape index (κ3) is 7.89. The maximum Gasteiger partial charge on any atom is 0.303 e. The number of anilines is 1. The maximum absolute atomic E-state index is 14.3. The number of aryl methyl sites for hydroxylation is 2. The molecular weight excluding hydrogens is 495 g/mol. The number of nitrogens with one attached hydrogen (secondary N) is 1. The van der Waals surface area contributed by atoms with Gasteiger partial charge >= 0.3 is 5.97 Å². The summed E-state index contributed by atoms with van der Waals surface area (Å²) in [5, 5.41) is 16.9. The Kier molecular flexibility index (Phi) is 8.64. The number of pyridine rings is 1. The Morgan fingerprint density at radius 2 is 1.79 bits per heavy atom. The molecule has 7 nitrogen and oxygen atoms in total. The number of carbonyl (C=O) groups is 1. The van der Waals surface area contributed by atoms with Crippen LogP contribution in [0.2, 0.25) is 0 Å². The highest BCUT2D eigenvalue weighted by molar-refractivity contribution is 5.67. The van der Waals surface area contributed by atoms with Crippen molar-refractivity contribution in [3.63, 3.8) is 0 Å². The van der Waals surface area contributed by atoms with Crippen molar-refractivity contribution in [1.29, 1.82) is 0 Å². The first-order valence-electron chi connectivity index (χ1n) is 13.0. The van der Waals surface area contributed by atoms with Crippen LogP contribution in [0.15, 0.2) is 66.7 Å². The van der Waals surface area contributed by atoms with E-state index in [1.807, 2.05) is 48.0 Å². The van der Waals surface area contributed by atoms with E-state index < -0.39 is 11.8 Å². The summed E-state index contributed by atoms with van der Waals surface area (Å²) in [5.74, 6) is -0.644. The Morgan fingerprint density at radius 3 is 2.46 bits per heavy atom. The second-order valence-electron chi connectivity index (χ2n) is 10.7. The van der Waals surface area contributed by atoms with Crippen molar-refractivity contribution in [2.45, 2.75) is 65.6 Å². The zero-order valence-corrected chi connectivity index (χ0v) is 22.9. The summed E-state index contributed by atoms with van der Waals surface area (Å²) >= 11 is 0. The maximum atomic E-state index is 14.3. The molecule has 0 unspecified atom stereocenters. The molecule has 0 atom stereocenters. The van der Waals surface area contributed by atoms with Gasteiger partial charge < -0.3 is 15.2 Å². The highest BCUT2D eigenvalue weighted by Crippen LogP contribution is 2.26. The molecule has 0 bridgehead atoms. The van der Waals surface area contributed by atoms with Gasteiger partial charge in [-0.2, -0.15) is 5.10 Å². The Balaban J connectivity index is 1.40. The highest BCUT2D eigenvalue weighted by Gasteiger charge is 2.21. The SMILES string of the molecule is Cc1cccc(COc2cc(C(C)(C)C)nn2Cc2ccc(CNc3ccc(CCC(=O)O)c(F)c3)cc2)n1. The van der Waals surface area contributed by atoms with Gasteiger partial charge in [0, 0.05) is 35.8 Å². The van der Waals surface area contributed by atoms with Crippen molar-refractivity contribution in [3.05, 3.63) is 106 Å². The van der Waals surface area contributed by atoms with Crippen molar-refractivity contribution >= 4 is 11.7 Å². The van der Waals surface area contributed by atoms with E-state index in [9.17, 15) is 9.18 Å². The normalized spacial score (nSPS) is 11.4. The standard InChI is InChI=1S/C31H35FN4O3/c1-21-6-5-7-26(34-21)20-39-29-17-28(31(2,3)4)35-36(29)19-23-10-8-22(9-11-23)18-33-25-14-12-24(27(32)16-25)13-15-30(37)38/h5-12,14,16-17,33H,13,15,18-20H2,1-4H3,(H,37,38). The van der Waals surface area contributed by atoms with E-state index >= 15 is 0 Å². The fourth-order valence-electron chi connectivity index (χ4n) is 4.06. The van der Waals surface area contributed by atoms with E-state index in [-0.39, 0.29) is 18.3 Å². The van der Waals surface area contributed by atoms with Gasteiger partial charge in [-0.05, 0) is 54.3 Å². The lowest BCUT2D eigenvalue weighted by Crippen LogP contribution is -2.13. The number of carboxylic acid groups (broad SMARTS) is 1. The number of aliphatic carboxylic acids is 1. The second kappa shape index (κ2) is 12.1. The van der Waals surface area contributed by atoms with Gasteiger partial charge in [-0.25, -0.2) is 9.07 Å². The van der Waals surface area contributed by atoms with Crippen LogP contribution in [-0.4, -0.2) is 25.8 Å². The minimum absolute atomic E-state index is 0.0936. The van der Waals surface area contributed by atoms with Gasteiger partial charge in [-0.3, -0.25) is 9.78 Å². The molecule has 2 heterocycles. The zero-order valence-electron chi connectivity index (χ0n) is 22.9. The molecule has 0 saturated carbocycles. The zero-order chi connectivity index (χ0) is 28.0. The van der Waals surface area contributed by atoms with Gasteiger partial charge in [0.2, 0.25) is 5.88 Å². The molecule has 0 aliphatic heterocycles. The van der Waals surface area contributed by atoms with E-state index in [1.54, 1.807) is 12.1 Å². The molecule has 0 spiro atoms. The summed E-state index contributed by atoms with van der Waals surface area (Å²) in [5.41, 5.74) is 5.83. The summed E-state index contributed by atoms with van der Waals surface area (Å²) in [4.78, 5) is 15.3. The quantitative estimate of drug-likeness (QED) is 0.237. The average Bonchev–Trinajstić information content (AvgIpc) is 3.29. The predicted octanol–water partition coefficient (Wildman–Crippen LogP) is 6.28. The van der Waals surface area contributed by atoms with Gasteiger partial charge in [-0.1, -0.05) is 57.2 Å². The van der Waals surface area contributed by atoms with Crippen molar-refractivity contribution in [2.24, 2.45) is 0 Å². The summed E-state index contributed by atoms with van der Waals surface area (Å²) in [7, 11) is 0. The first-order chi connectivity index (χ1) is 18.6. The fraction of sp³-hybridized carbons (Fsp3) is 0.323. The van der Waals surface area contributed by atoms with Gasteiger partial charge in [0.1, 0.15) is 12.4 Å². The van der Waals surface area contributed by atoms with Crippen LogP contribution in [0.4, 0.5) is 10.1 Å². The number of carboxylic acids is 1. The van der Waals surface area contributed by atoms with Crippen LogP contribution in [0.3, 0.4) is 0 Å². The number of rotatable bonds is 11. The first-order valence-corrected chi connectivity index (χ1v) is 13.0. The molecule has 39 heavy (non-hydrogen) atoms. The smallest absolute Gasteiger partial charge is 0.303 e. The van der Waals surface area contributed by atoms with Crippen LogP contribution < -0.4 is 10.1 Å². The molecule has 2 N–H and O–H groups in total. The number of benzene rings is 2. The molecule has 0 radical (unpaired) electrons. The third-order valence-electron chi connectivity index (χ3n) is 6.34. The topological polar surface area (TPSA) is 89.3 Å². The van der Waals surface area contributed by atoms with Gasteiger partial charge in [0.05, 0.1) is 17.9 Å². The number of nitrogens with zero attached hydrogens (tertiary/aromatic N) is 3. The molecule has 0 amide bonds. The molecular formula is C31H35FN4O3. The van der Waals surface area contributed by atoms with Crippen LogP contribution in [0, 0.1) is 12.7 Å². The van der Waals surface area contributed by atoms with Crippen LogP contribution >= 0.6 is 0 Å². The third-order valence-corrected chi connectivity index (χ3v) is 6.34. The number of hydrogen-bond donors (Lipinski definition) is 2. The summed E-state index contributed by atoms with van der Waals surface area (Å²) in [6, 6.07) is 20.9. The molecule has 204 valence electrons. The molecule has 0 saturated heterocycles. The van der Waals surface area contributed by atoms with Gasteiger partial charge in [-0.15, -0.1) is 0 Å². The molecule has 4 aromatic rings. The Labute approximate surface area is 228 Å². The van der Waals surface area contributed by atoms with E-state index in [2.05, 4.69) is 43.2 Å². The van der Waals surface area contributed by atoms with Crippen LogP contribution in [0.1, 0.15) is 61.0 Å². The lowest BCUT2D eigenvalue weighted by molar-refractivity contribution is -0.136. The van der Waals surface area contributed by atoms with Crippen molar-refractivity contribution in [3.8, 4) is 5.88 Å². The Morgan fingerprint density at radius 1 is 1.05 bits per heavy atom. The average molecular weight is 531 g/mol. The number of hydrogen-bond acceptors (Lipinski definition) is 5. The van der Waals surface area contributed by atoms with E-state index in [1.165, 1.54) is 6.07 Å². The fourth-order valence-corrected chi connectivity index (χ4v) is 4.06. The minimum Gasteiger partial charge on any atom is -0.481 e. The lowest BCUT2D eigenvalue weighted by atomic mass is 9.93. The highest BCUT2D eigenvalue weighted by atomic mass is 19.1. The molecule has 2 aromatic carbocycles. The minimum atomic E-state index is -0.939. The van der Waals surface area contributed by atoms with E-state index in [0.29, 0.717) is 36.8 Å². The van der Waals surface area contributed by atoms with Crippen LogP contribution in [-0.2, 0) is 36.3 Å². The summed E-state index contributed by atoms with van der Waals surface area (Å²) < 4.78 is 22.3.